The zero-order valence-corrected chi connectivity index (χ0v) is 13.6. The lowest BCUT2D eigenvalue weighted by atomic mass is 10.3. The average molecular weight is 372 g/mol. The number of amides is 3. The third-order valence-electron chi connectivity index (χ3n) is 3.33. The molecule has 1 aromatic rings. The second kappa shape index (κ2) is 7.98. The highest BCUT2D eigenvalue weighted by atomic mass is 79.9. The van der Waals surface area contributed by atoms with Crippen molar-refractivity contribution >= 4 is 33.7 Å². The SMILES string of the molecule is O=C(CNC(=O)c1ccc(Br)o1)NCCC(=O)N1CCCC1. The second-order valence-corrected chi connectivity index (χ2v) is 5.76. The van der Waals surface area contributed by atoms with Crippen molar-refractivity contribution in [1.29, 1.82) is 0 Å². The summed E-state index contributed by atoms with van der Waals surface area (Å²) < 4.78 is 5.52. The van der Waals surface area contributed by atoms with Gasteiger partial charge in [-0.05, 0) is 40.9 Å². The first-order chi connectivity index (χ1) is 10.6. The Bertz CT molecular complexity index is 552. The highest BCUT2D eigenvalue weighted by molar-refractivity contribution is 9.10. The van der Waals surface area contributed by atoms with Gasteiger partial charge in [0.25, 0.3) is 5.91 Å². The quantitative estimate of drug-likeness (QED) is 0.776. The number of nitrogens with one attached hydrogen (secondary N) is 2. The Morgan fingerprint density at radius 2 is 1.91 bits per heavy atom. The molecule has 0 aliphatic carbocycles. The summed E-state index contributed by atoms with van der Waals surface area (Å²) in [5, 5.41) is 5.05. The van der Waals surface area contributed by atoms with E-state index in [1.54, 1.807) is 6.07 Å². The topological polar surface area (TPSA) is 91.6 Å². The van der Waals surface area contributed by atoms with Crippen molar-refractivity contribution in [2.45, 2.75) is 19.3 Å². The van der Waals surface area contributed by atoms with Gasteiger partial charge in [-0.1, -0.05) is 0 Å². The van der Waals surface area contributed by atoms with Crippen LogP contribution in [-0.2, 0) is 9.59 Å². The van der Waals surface area contributed by atoms with E-state index in [2.05, 4.69) is 26.6 Å². The highest BCUT2D eigenvalue weighted by Crippen LogP contribution is 2.13. The molecule has 1 aliphatic heterocycles. The fraction of sp³-hybridized carbons (Fsp3) is 0.500. The highest BCUT2D eigenvalue weighted by Gasteiger charge is 2.17. The van der Waals surface area contributed by atoms with Crippen LogP contribution in [0.15, 0.2) is 21.2 Å². The predicted octanol–water partition coefficient (Wildman–Crippen LogP) is 0.901. The smallest absolute Gasteiger partial charge is 0.287 e. The van der Waals surface area contributed by atoms with Crippen LogP contribution in [0.25, 0.3) is 0 Å². The van der Waals surface area contributed by atoms with Crippen LogP contribution in [0.2, 0.25) is 0 Å². The molecular formula is C14H18BrN3O4. The minimum Gasteiger partial charge on any atom is -0.444 e. The first kappa shape index (κ1) is 16.5. The number of halogens is 1. The number of carbonyl (C=O) groups is 3. The maximum Gasteiger partial charge on any atom is 0.287 e. The van der Waals surface area contributed by atoms with Crippen LogP contribution >= 0.6 is 15.9 Å². The lowest BCUT2D eigenvalue weighted by molar-refractivity contribution is -0.130. The normalized spacial score (nSPS) is 14.0. The molecule has 0 saturated carbocycles. The standard InChI is InChI=1S/C14H18BrN3O4/c15-11-4-3-10(22-11)14(21)17-9-12(19)16-6-5-13(20)18-7-1-2-8-18/h3-4H,1-2,5-9H2,(H,16,19)(H,17,21). The van der Waals surface area contributed by atoms with Crippen molar-refractivity contribution in [3.63, 3.8) is 0 Å². The van der Waals surface area contributed by atoms with Gasteiger partial charge in [-0.2, -0.15) is 0 Å². The molecular weight excluding hydrogens is 354 g/mol. The van der Waals surface area contributed by atoms with Crippen molar-refractivity contribution in [3.05, 3.63) is 22.6 Å². The number of hydrogen-bond donors (Lipinski definition) is 2. The first-order valence-electron chi connectivity index (χ1n) is 7.14. The van der Waals surface area contributed by atoms with Gasteiger partial charge >= 0.3 is 0 Å². The molecule has 2 rings (SSSR count). The van der Waals surface area contributed by atoms with Crippen LogP contribution in [0.3, 0.4) is 0 Å². The van der Waals surface area contributed by atoms with E-state index in [0.717, 1.165) is 25.9 Å². The zero-order chi connectivity index (χ0) is 15.9. The molecule has 2 N–H and O–H groups in total. The van der Waals surface area contributed by atoms with E-state index in [0.29, 0.717) is 4.67 Å². The summed E-state index contributed by atoms with van der Waals surface area (Å²) in [4.78, 5) is 36.8. The number of rotatable bonds is 6. The Balaban J connectivity index is 1.61. The monoisotopic (exact) mass is 371 g/mol. The molecule has 8 heteroatoms. The molecule has 2 heterocycles. The number of furan rings is 1. The molecule has 1 fully saturated rings. The van der Waals surface area contributed by atoms with Crippen LogP contribution in [0.4, 0.5) is 0 Å². The summed E-state index contributed by atoms with van der Waals surface area (Å²) in [6.45, 7) is 1.73. The van der Waals surface area contributed by atoms with Crippen LogP contribution in [0, 0.1) is 0 Å². The van der Waals surface area contributed by atoms with Gasteiger partial charge in [0.2, 0.25) is 11.8 Å². The molecule has 120 valence electrons. The third kappa shape index (κ3) is 4.87. The number of likely N-dealkylation sites (tertiary alicyclic amines) is 1. The molecule has 0 spiro atoms. The minimum absolute atomic E-state index is 0.0577. The van der Waals surface area contributed by atoms with E-state index >= 15 is 0 Å². The molecule has 1 aliphatic rings. The molecule has 0 unspecified atom stereocenters. The van der Waals surface area contributed by atoms with E-state index in [4.69, 9.17) is 4.42 Å². The number of hydrogen-bond acceptors (Lipinski definition) is 4. The Labute approximate surface area is 136 Å². The molecule has 3 amide bonds. The van der Waals surface area contributed by atoms with E-state index in [1.807, 2.05) is 4.90 Å². The maximum absolute atomic E-state index is 11.8. The van der Waals surface area contributed by atoms with Crippen LogP contribution < -0.4 is 10.6 Å². The van der Waals surface area contributed by atoms with Gasteiger partial charge < -0.3 is 20.0 Å². The summed E-state index contributed by atoms with van der Waals surface area (Å²) in [5.41, 5.74) is 0. The van der Waals surface area contributed by atoms with Crippen LogP contribution in [0.5, 0.6) is 0 Å². The van der Waals surface area contributed by atoms with Crippen molar-refractivity contribution < 1.29 is 18.8 Å². The fourth-order valence-corrected chi connectivity index (χ4v) is 2.49. The van der Waals surface area contributed by atoms with Gasteiger partial charge in [0.05, 0.1) is 6.54 Å². The minimum atomic E-state index is -0.464. The van der Waals surface area contributed by atoms with Gasteiger partial charge in [-0.25, -0.2) is 0 Å². The summed E-state index contributed by atoms with van der Waals surface area (Å²) in [6, 6.07) is 3.10. The third-order valence-corrected chi connectivity index (χ3v) is 3.75. The van der Waals surface area contributed by atoms with E-state index in [-0.39, 0.29) is 37.1 Å². The van der Waals surface area contributed by atoms with Crippen LogP contribution in [0.1, 0.15) is 29.8 Å². The lowest BCUT2D eigenvalue weighted by Crippen LogP contribution is -2.38. The van der Waals surface area contributed by atoms with Crippen molar-refractivity contribution in [1.82, 2.24) is 15.5 Å². The second-order valence-electron chi connectivity index (χ2n) is 4.97. The maximum atomic E-state index is 11.8. The molecule has 22 heavy (non-hydrogen) atoms. The van der Waals surface area contributed by atoms with Crippen molar-refractivity contribution in [2.24, 2.45) is 0 Å². The van der Waals surface area contributed by atoms with Crippen molar-refractivity contribution in [2.75, 3.05) is 26.2 Å². The van der Waals surface area contributed by atoms with Gasteiger partial charge in [0.15, 0.2) is 10.4 Å². The summed E-state index contributed by atoms with van der Waals surface area (Å²) in [5.74, 6) is -0.617. The average Bonchev–Trinajstić information content (AvgIpc) is 3.15. The van der Waals surface area contributed by atoms with E-state index < -0.39 is 5.91 Å². The molecule has 1 aromatic heterocycles. The largest absolute Gasteiger partial charge is 0.444 e. The number of nitrogens with zero attached hydrogens (tertiary/aromatic N) is 1. The Morgan fingerprint density at radius 1 is 1.18 bits per heavy atom. The zero-order valence-electron chi connectivity index (χ0n) is 12.1. The van der Waals surface area contributed by atoms with Gasteiger partial charge in [0.1, 0.15) is 0 Å². The molecule has 0 aromatic carbocycles. The lowest BCUT2D eigenvalue weighted by Gasteiger charge is -2.15. The Kier molecular flexibility index (Phi) is 6.00. The molecule has 1 saturated heterocycles. The van der Waals surface area contributed by atoms with Crippen LogP contribution in [-0.4, -0.2) is 48.8 Å². The number of carbonyl (C=O) groups excluding carboxylic acids is 3. The molecule has 0 radical (unpaired) electrons. The van der Waals surface area contributed by atoms with Gasteiger partial charge in [0, 0.05) is 26.1 Å². The molecule has 0 bridgehead atoms. The summed E-state index contributed by atoms with van der Waals surface area (Å²) >= 11 is 3.09. The van der Waals surface area contributed by atoms with E-state index in [1.165, 1.54) is 6.07 Å². The van der Waals surface area contributed by atoms with E-state index in [9.17, 15) is 14.4 Å². The summed E-state index contributed by atoms with van der Waals surface area (Å²) in [7, 11) is 0. The Morgan fingerprint density at radius 3 is 2.55 bits per heavy atom. The van der Waals surface area contributed by atoms with Gasteiger partial charge in [-0.3, -0.25) is 14.4 Å². The predicted molar refractivity (Wildman–Crippen MR) is 82.2 cm³/mol. The Hall–Kier alpha value is -1.83. The molecule has 0 atom stereocenters. The fourth-order valence-electron chi connectivity index (χ4n) is 2.18. The summed E-state index contributed by atoms with van der Waals surface area (Å²) in [6.07, 6.45) is 2.38. The van der Waals surface area contributed by atoms with Gasteiger partial charge in [-0.15, -0.1) is 0 Å². The van der Waals surface area contributed by atoms with Crippen molar-refractivity contribution in [3.8, 4) is 0 Å². The first-order valence-corrected chi connectivity index (χ1v) is 7.93. The molecule has 7 nitrogen and oxygen atoms in total.